The molecule has 0 saturated carbocycles. The summed E-state index contributed by atoms with van der Waals surface area (Å²) < 4.78 is 4.41. The molecule has 12 heavy (non-hydrogen) atoms. The van der Waals surface area contributed by atoms with Gasteiger partial charge in [0.2, 0.25) is 0 Å². The lowest BCUT2D eigenvalue weighted by Crippen LogP contribution is -2.04. The highest BCUT2D eigenvalue weighted by atomic mass is 16.5. The zero-order valence-electron chi connectivity index (χ0n) is 6.87. The van der Waals surface area contributed by atoms with E-state index in [1.54, 1.807) is 13.0 Å². The zero-order valence-corrected chi connectivity index (χ0v) is 6.87. The van der Waals surface area contributed by atoms with Gasteiger partial charge in [0.05, 0.1) is 7.11 Å². The van der Waals surface area contributed by atoms with E-state index in [1.165, 1.54) is 13.3 Å². The topological polar surface area (TPSA) is 59.4 Å². The molecule has 0 bridgehead atoms. The maximum absolute atomic E-state index is 10.9. The van der Waals surface area contributed by atoms with Crippen molar-refractivity contribution in [1.29, 1.82) is 0 Å². The van der Waals surface area contributed by atoms with E-state index >= 15 is 0 Å². The molecule has 1 heterocycles. The third kappa shape index (κ3) is 1.37. The van der Waals surface area contributed by atoms with Gasteiger partial charge < -0.3 is 9.84 Å². The minimum atomic E-state index is -0.629. The van der Waals surface area contributed by atoms with E-state index in [0.29, 0.717) is 5.56 Å². The van der Waals surface area contributed by atoms with E-state index in [-0.39, 0.29) is 11.4 Å². The van der Waals surface area contributed by atoms with Crippen molar-refractivity contribution in [2.75, 3.05) is 7.11 Å². The number of hydrogen-bond acceptors (Lipinski definition) is 4. The number of carbonyl (C=O) groups is 1. The average Bonchev–Trinajstić information content (AvgIpc) is 2.08. The van der Waals surface area contributed by atoms with Crippen LogP contribution in [0.15, 0.2) is 12.3 Å². The van der Waals surface area contributed by atoms with E-state index in [0.717, 1.165) is 0 Å². The molecule has 1 rings (SSSR count). The first-order valence-electron chi connectivity index (χ1n) is 3.39. The lowest BCUT2D eigenvalue weighted by molar-refractivity contribution is 0.0590. The van der Waals surface area contributed by atoms with Crippen LogP contribution in [-0.2, 0) is 4.74 Å². The molecule has 0 amide bonds. The minimum absolute atomic E-state index is 0.0440. The Kier molecular flexibility index (Phi) is 2.28. The first kappa shape index (κ1) is 8.52. The van der Waals surface area contributed by atoms with Crippen LogP contribution in [0.4, 0.5) is 0 Å². The van der Waals surface area contributed by atoms with Crippen molar-refractivity contribution in [2.45, 2.75) is 6.92 Å². The summed E-state index contributed by atoms with van der Waals surface area (Å²) >= 11 is 0. The van der Waals surface area contributed by atoms with Gasteiger partial charge in [-0.25, -0.2) is 9.78 Å². The first-order valence-corrected chi connectivity index (χ1v) is 3.39. The van der Waals surface area contributed by atoms with Gasteiger partial charge in [-0.15, -0.1) is 0 Å². The highest BCUT2D eigenvalue weighted by Gasteiger charge is 2.13. The molecule has 0 fully saturated rings. The fraction of sp³-hybridized carbons (Fsp3) is 0.250. The van der Waals surface area contributed by atoms with Gasteiger partial charge in [-0.1, -0.05) is 0 Å². The third-order valence-corrected chi connectivity index (χ3v) is 1.50. The molecular formula is C8H9NO3. The van der Waals surface area contributed by atoms with E-state index < -0.39 is 5.97 Å². The number of ether oxygens (including phenoxy) is 1. The highest BCUT2D eigenvalue weighted by molar-refractivity contribution is 5.90. The lowest BCUT2D eigenvalue weighted by Gasteiger charge is -2.02. The van der Waals surface area contributed by atoms with Crippen molar-refractivity contribution in [2.24, 2.45) is 0 Å². The molecule has 0 atom stereocenters. The largest absolute Gasteiger partial charge is 0.505 e. The summed E-state index contributed by atoms with van der Waals surface area (Å²) in [5.41, 5.74) is 0.558. The van der Waals surface area contributed by atoms with Crippen molar-refractivity contribution < 1.29 is 14.6 Å². The van der Waals surface area contributed by atoms with Crippen LogP contribution < -0.4 is 0 Å². The fourth-order valence-corrected chi connectivity index (χ4v) is 0.796. The summed E-state index contributed by atoms with van der Waals surface area (Å²) in [4.78, 5) is 14.6. The number of nitrogens with zero attached hydrogens (tertiary/aromatic N) is 1. The number of aromatic hydroxyl groups is 1. The predicted octanol–water partition coefficient (Wildman–Crippen LogP) is 0.882. The van der Waals surface area contributed by atoms with Gasteiger partial charge in [0.15, 0.2) is 11.4 Å². The van der Waals surface area contributed by atoms with Crippen LogP contribution in [0, 0.1) is 6.92 Å². The zero-order chi connectivity index (χ0) is 9.14. The van der Waals surface area contributed by atoms with Crippen LogP contribution in [0.3, 0.4) is 0 Å². The smallest absolute Gasteiger partial charge is 0.360 e. The van der Waals surface area contributed by atoms with Crippen molar-refractivity contribution in [3.05, 3.63) is 23.5 Å². The molecule has 4 nitrogen and oxygen atoms in total. The lowest BCUT2D eigenvalue weighted by atomic mass is 10.2. The molecule has 0 unspecified atom stereocenters. The molecule has 0 radical (unpaired) electrons. The number of pyridine rings is 1. The summed E-state index contributed by atoms with van der Waals surface area (Å²) in [6.07, 6.45) is 1.45. The fourth-order valence-electron chi connectivity index (χ4n) is 0.796. The Morgan fingerprint density at radius 2 is 2.33 bits per heavy atom. The number of methoxy groups -OCH3 is 1. The number of aromatic nitrogens is 1. The van der Waals surface area contributed by atoms with Gasteiger partial charge in [-0.05, 0) is 18.6 Å². The number of hydrogen-bond donors (Lipinski definition) is 1. The summed E-state index contributed by atoms with van der Waals surface area (Å²) in [6, 6.07) is 1.61. The minimum Gasteiger partial charge on any atom is -0.505 e. The Balaban J connectivity index is 3.16. The predicted molar refractivity (Wildman–Crippen MR) is 42.0 cm³/mol. The van der Waals surface area contributed by atoms with Crippen LogP contribution in [0.1, 0.15) is 16.1 Å². The van der Waals surface area contributed by atoms with Crippen molar-refractivity contribution in [1.82, 2.24) is 4.98 Å². The maximum atomic E-state index is 10.9. The Bertz CT molecular complexity index is 309. The van der Waals surface area contributed by atoms with Gasteiger partial charge in [-0.2, -0.15) is 0 Å². The Labute approximate surface area is 69.8 Å². The molecular weight excluding hydrogens is 158 g/mol. The van der Waals surface area contributed by atoms with E-state index in [4.69, 9.17) is 0 Å². The summed E-state index contributed by atoms with van der Waals surface area (Å²) in [7, 11) is 1.24. The number of rotatable bonds is 1. The molecule has 4 heteroatoms. The Morgan fingerprint density at radius 1 is 1.67 bits per heavy atom. The second-order valence-corrected chi connectivity index (χ2v) is 2.32. The van der Waals surface area contributed by atoms with Crippen molar-refractivity contribution >= 4 is 5.97 Å². The molecule has 64 valence electrons. The number of aryl methyl sites for hydroxylation is 1. The first-order chi connectivity index (χ1) is 5.66. The SMILES string of the molecule is COC(=O)c1nccc(C)c1O. The molecule has 0 spiro atoms. The molecule has 1 aromatic heterocycles. The van der Waals surface area contributed by atoms with E-state index in [1.807, 2.05) is 0 Å². The number of esters is 1. The monoisotopic (exact) mass is 167 g/mol. The van der Waals surface area contributed by atoms with Crippen LogP contribution in [0.2, 0.25) is 0 Å². The summed E-state index contributed by atoms with van der Waals surface area (Å²) in [5, 5.41) is 9.34. The molecule has 0 saturated heterocycles. The Morgan fingerprint density at radius 3 is 2.92 bits per heavy atom. The average molecular weight is 167 g/mol. The van der Waals surface area contributed by atoms with Gasteiger partial charge in [0.1, 0.15) is 0 Å². The van der Waals surface area contributed by atoms with Crippen LogP contribution in [0.25, 0.3) is 0 Å². The van der Waals surface area contributed by atoms with Crippen LogP contribution in [0.5, 0.6) is 5.75 Å². The molecule has 0 aliphatic carbocycles. The summed E-state index contributed by atoms with van der Waals surface area (Å²) in [6.45, 7) is 1.68. The molecule has 1 N–H and O–H groups in total. The molecule has 1 aromatic rings. The molecule has 0 aromatic carbocycles. The molecule has 0 aliphatic rings. The maximum Gasteiger partial charge on any atom is 0.360 e. The third-order valence-electron chi connectivity index (χ3n) is 1.50. The van der Waals surface area contributed by atoms with Crippen molar-refractivity contribution in [3.8, 4) is 5.75 Å². The second kappa shape index (κ2) is 3.21. The quantitative estimate of drug-likeness (QED) is 0.631. The standard InChI is InChI=1S/C8H9NO3/c1-5-3-4-9-6(7(5)10)8(11)12-2/h3-4,10H,1-2H3. The van der Waals surface area contributed by atoms with Crippen LogP contribution in [-0.4, -0.2) is 23.2 Å². The number of carbonyl (C=O) groups excluding carboxylic acids is 1. The summed E-state index contributed by atoms with van der Waals surface area (Å²) in [5.74, 6) is -0.749. The second-order valence-electron chi connectivity index (χ2n) is 2.32. The van der Waals surface area contributed by atoms with Gasteiger partial charge >= 0.3 is 5.97 Å². The van der Waals surface area contributed by atoms with E-state index in [9.17, 15) is 9.90 Å². The van der Waals surface area contributed by atoms with Gasteiger partial charge in [-0.3, -0.25) is 0 Å². The highest BCUT2D eigenvalue weighted by Crippen LogP contribution is 2.19. The van der Waals surface area contributed by atoms with Gasteiger partial charge in [0, 0.05) is 6.20 Å². The van der Waals surface area contributed by atoms with Crippen LogP contribution >= 0.6 is 0 Å². The van der Waals surface area contributed by atoms with Gasteiger partial charge in [0.25, 0.3) is 0 Å². The normalized spacial score (nSPS) is 9.50. The van der Waals surface area contributed by atoms with Crippen molar-refractivity contribution in [3.63, 3.8) is 0 Å². The Hall–Kier alpha value is -1.58. The molecule has 0 aliphatic heterocycles. The van der Waals surface area contributed by atoms with E-state index in [2.05, 4.69) is 9.72 Å².